The number of hydrogen-bond acceptors (Lipinski definition) is 4. The number of aryl methyl sites for hydroxylation is 1. The zero-order valence-corrected chi connectivity index (χ0v) is 17.9. The Morgan fingerprint density at radius 3 is 2.63 bits per heavy atom. The number of carbonyl (C=O) groups excluding carboxylic acids is 1. The minimum Gasteiger partial charge on any atom is -0.468 e. The number of esters is 1. The summed E-state index contributed by atoms with van der Waals surface area (Å²) in [5.41, 5.74) is 4.64. The molecule has 0 spiro atoms. The molecule has 30 heavy (non-hydrogen) atoms. The van der Waals surface area contributed by atoms with Gasteiger partial charge in [0.1, 0.15) is 6.04 Å². The van der Waals surface area contributed by atoms with Crippen LogP contribution in [-0.4, -0.2) is 40.1 Å². The lowest BCUT2D eigenvalue weighted by molar-refractivity contribution is -0.147. The van der Waals surface area contributed by atoms with Crippen LogP contribution in [0.1, 0.15) is 28.9 Å². The van der Waals surface area contributed by atoms with Gasteiger partial charge >= 0.3 is 5.97 Å². The molecule has 6 heteroatoms. The monoisotopic (exact) mass is 423 g/mol. The van der Waals surface area contributed by atoms with Gasteiger partial charge in [-0.1, -0.05) is 54.1 Å². The number of fused-ring (bicyclic) bond motifs is 1. The molecular formula is C24H26ClN3O2. The lowest BCUT2D eigenvalue weighted by atomic mass is 10.0. The lowest BCUT2D eigenvalue weighted by Crippen LogP contribution is -2.47. The molecule has 1 aliphatic heterocycles. The Hall–Kier alpha value is -2.63. The van der Waals surface area contributed by atoms with E-state index >= 15 is 0 Å². The van der Waals surface area contributed by atoms with Crippen molar-refractivity contribution in [1.82, 2.24) is 14.5 Å². The number of benzene rings is 2. The minimum atomic E-state index is -0.280. The first-order valence-electron chi connectivity index (χ1n) is 10.3. The molecular weight excluding hydrogens is 398 g/mol. The molecule has 4 rings (SSSR count). The molecule has 2 heterocycles. The number of rotatable bonds is 7. The van der Waals surface area contributed by atoms with Crippen LogP contribution in [0.4, 0.5) is 0 Å². The molecule has 0 saturated heterocycles. The van der Waals surface area contributed by atoms with Crippen LogP contribution in [0.2, 0.25) is 5.02 Å². The third kappa shape index (κ3) is 4.74. The highest BCUT2D eigenvalue weighted by atomic mass is 35.5. The molecule has 1 aromatic heterocycles. The fourth-order valence-corrected chi connectivity index (χ4v) is 4.20. The first-order valence-corrected chi connectivity index (χ1v) is 10.6. The summed E-state index contributed by atoms with van der Waals surface area (Å²) in [6.45, 7) is 2.26. The SMILES string of the molecule is COC(=O)C1Cc2ncn(Cc3ccc(Cl)cc3)c2CN1CCCc1ccccc1. The van der Waals surface area contributed by atoms with Crippen LogP contribution in [0.3, 0.4) is 0 Å². The summed E-state index contributed by atoms with van der Waals surface area (Å²) in [6, 6.07) is 18.1. The zero-order chi connectivity index (χ0) is 20.9. The molecule has 0 bridgehead atoms. The molecule has 3 aromatic rings. The van der Waals surface area contributed by atoms with Crippen molar-refractivity contribution < 1.29 is 9.53 Å². The first kappa shape index (κ1) is 20.6. The van der Waals surface area contributed by atoms with Crippen LogP contribution in [-0.2, 0) is 35.5 Å². The van der Waals surface area contributed by atoms with Crippen molar-refractivity contribution in [3.8, 4) is 0 Å². The van der Waals surface area contributed by atoms with E-state index in [1.54, 1.807) is 0 Å². The summed E-state index contributed by atoms with van der Waals surface area (Å²) in [6.07, 6.45) is 4.43. The maximum absolute atomic E-state index is 12.4. The molecule has 0 radical (unpaired) electrons. The molecule has 0 N–H and O–H groups in total. The van der Waals surface area contributed by atoms with E-state index < -0.39 is 0 Å². The van der Waals surface area contributed by atoms with Crippen LogP contribution in [0, 0.1) is 0 Å². The highest BCUT2D eigenvalue weighted by molar-refractivity contribution is 6.30. The number of aromatic nitrogens is 2. The van der Waals surface area contributed by atoms with Gasteiger partial charge in [0.25, 0.3) is 0 Å². The highest BCUT2D eigenvalue weighted by Crippen LogP contribution is 2.25. The van der Waals surface area contributed by atoms with Crippen LogP contribution in [0.15, 0.2) is 60.9 Å². The second-order valence-corrected chi connectivity index (χ2v) is 8.13. The quantitative estimate of drug-likeness (QED) is 0.536. The number of imidazole rings is 1. The third-order valence-corrected chi connectivity index (χ3v) is 5.96. The Labute approximate surface area is 182 Å². The molecule has 0 saturated carbocycles. The molecule has 0 amide bonds. The van der Waals surface area contributed by atoms with Crippen LogP contribution >= 0.6 is 11.6 Å². The van der Waals surface area contributed by atoms with Crippen molar-refractivity contribution in [1.29, 1.82) is 0 Å². The van der Waals surface area contributed by atoms with Gasteiger partial charge in [0.05, 0.1) is 24.8 Å². The van der Waals surface area contributed by atoms with E-state index in [0.717, 1.165) is 36.6 Å². The van der Waals surface area contributed by atoms with E-state index in [-0.39, 0.29) is 12.0 Å². The predicted octanol–water partition coefficient (Wildman–Crippen LogP) is 4.12. The van der Waals surface area contributed by atoms with Gasteiger partial charge in [-0.05, 0) is 42.6 Å². The van der Waals surface area contributed by atoms with Gasteiger partial charge in [-0.2, -0.15) is 0 Å². The van der Waals surface area contributed by atoms with E-state index in [1.165, 1.54) is 23.9 Å². The van der Waals surface area contributed by atoms with Gasteiger partial charge in [0.15, 0.2) is 0 Å². The number of carbonyl (C=O) groups is 1. The number of halogens is 1. The number of methoxy groups -OCH3 is 1. The molecule has 156 valence electrons. The van der Waals surface area contributed by atoms with E-state index in [9.17, 15) is 4.79 Å². The summed E-state index contributed by atoms with van der Waals surface area (Å²) >= 11 is 6.01. The van der Waals surface area contributed by atoms with Crippen molar-refractivity contribution in [3.63, 3.8) is 0 Å². The average molecular weight is 424 g/mol. The topological polar surface area (TPSA) is 47.4 Å². The lowest BCUT2D eigenvalue weighted by Gasteiger charge is -2.34. The van der Waals surface area contributed by atoms with E-state index in [0.29, 0.717) is 13.0 Å². The van der Waals surface area contributed by atoms with E-state index in [1.807, 2.05) is 36.7 Å². The molecule has 1 unspecified atom stereocenters. The minimum absolute atomic E-state index is 0.187. The third-order valence-electron chi connectivity index (χ3n) is 5.71. The largest absolute Gasteiger partial charge is 0.468 e. The summed E-state index contributed by atoms with van der Waals surface area (Å²) in [5, 5.41) is 0.733. The molecule has 5 nitrogen and oxygen atoms in total. The number of ether oxygens (including phenoxy) is 1. The van der Waals surface area contributed by atoms with Crippen molar-refractivity contribution in [2.24, 2.45) is 0 Å². The Morgan fingerprint density at radius 1 is 1.13 bits per heavy atom. The number of hydrogen-bond donors (Lipinski definition) is 0. The van der Waals surface area contributed by atoms with Crippen molar-refractivity contribution in [2.45, 2.75) is 38.4 Å². The summed E-state index contributed by atoms with van der Waals surface area (Å²) in [5.74, 6) is -0.187. The maximum Gasteiger partial charge on any atom is 0.323 e. The Balaban J connectivity index is 1.49. The highest BCUT2D eigenvalue weighted by Gasteiger charge is 2.34. The zero-order valence-electron chi connectivity index (χ0n) is 17.1. The fraction of sp³-hybridized carbons (Fsp3) is 0.333. The Kier molecular flexibility index (Phi) is 6.50. The summed E-state index contributed by atoms with van der Waals surface area (Å²) in [4.78, 5) is 19.3. The summed E-state index contributed by atoms with van der Waals surface area (Å²) < 4.78 is 7.26. The Morgan fingerprint density at radius 2 is 1.90 bits per heavy atom. The molecule has 2 aromatic carbocycles. The molecule has 1 aliphatic rings. The van der Waals surface area contributed by atoms with Crippen molar-refractivity contribution >= 4 is 17.6 Å². The summed E-state index contributed by atoms with van der Waals surface area (Å²) in [7, 11) is 1.46. The Bertz CT molecular complexity index is 985. The van der Waals surface area contributed by atoms with Gasteiger partial charge in [0.2, 0.25) is 0 Å². The van der Waals surface area contributed by atoms with Gasteiger partial charge in [0, 0.05) is 24.5 Å². The second-order valence-electron chi connectivity index (χ2n) is 7.70. The van der Waals surface area contributed by atoms with Crippen LogP contribution < -0.4 is 0 Å². The van der Waals surface area contributed by atoms with Crippen molar-refractivity contribution in [2.75, 3.05) is 13.7 Å². The molecule has 1 atom stereocenters. The van der Waals surface area contributed by atoms with Gasteiger partial charge in [-0.3, -0.25) is 9.69 Å². The van der Waals surface area contributed by atoms with Gasteiger partial charge < -0.3 is 9.30 Å². The normalized spacial score (nSPS) is 16.3. The second kappa shape index (κ2) is 9.45. The first-order chi connectivity index (χ1) is 14.6. The van der Waals surface area contributed by atoms with E-state index in [4.69, 9.17) is 16.3 Å². The predicted molar refractivity (Wildman–Crippen MR) is 117 cm³/mol. The average Bonchev–Trinajstić information content (AvgIpc) is 3.16. The molecule has 0 fully saturated rings. The molecule has 0 aliphatic carbocycles. The smallest absolute Gasteiger partial charge is 0.323 e. The number of nitrogens with zero attached hydrogens (tertiary/aromatic N) is 3. The van der Waals surface area contributed by atoms with E-state index in [2.05, 4.69) is 38.7 Å². The van der Waals surface area contributed by atoms with Crippen LogP contribution in [0.5, 0.6) is 0 Å². The van der Waals surface area contributed by atoms with Gasteiger partial charge in [-0.25, -0.2) is 4.98 Å². The van der Waals surface area contributed by atoms with Gasteiger partial charge in [-0.15, -0.1) is 0 Å². The van der Waals surface area contributed by atoms with Crippen LogP contribution in [0.25, 0.3) is 0 Å². The standard InChI is InChI=1S/C24H26ClN3O2/c1-30-24(29)22-14-21-23(16-27(22)13-5-8-18-6-3-2-4-7-18)28(17-26-21)15-19-9-11-20(25)12-10-19/h2-4,6-7,9-12,17,22H,5,8,13-16H2,1H3. The fourth-order valence-electron chi connectivity index (χ4n) is 4.07. The maximum atomic E-state index is 12.4. The van der Waals surface area contributed by atoms with Crippen molar-refractivity contribution in [3.05, 3.63) is 88.5 Å².